The van der Waals surface area contributed by atoms with Crippen LogP contribution in [0.4, 0.5) is 4.79 Å². The molecule has 3 aromatic rings. The van der Waals surface area contributed by atoms with Crippen LogP contribution < -0.4 is 0 Å². The fraction of sp³-hybridized carbons (Fsp3) is 0.231. The highest BCUT2D eigenvalue weighted by atomic mass is 31.1. The minimum Gasteiger partial charge on any atom is -0.447 e. The van der Waals surface area contributed by atoms with E-state index >= 15 is 0 Å². The maximum atomic E-state index is 13.7. The molecule has 6 nitrogen and oxygen atoms in total. The van der Waals surface area contributed by atoms with Crippen molar-refractivity contribution in [1.82, 2.24) is 4.90 Å². The Morgan fingerprint density at radius 1 is 0.939 bits per heavy atom. The van der Waals surface area contributed by atoms with Gasteiger partial charge in [0.05, 0.1) is 12.0 Å². The molecule has 0 aromatic heterocycles. The molecule has 1 N–H and O–H groups in total. The third-order valence-electron chi connectivity index (χ3n) is 5.90. The van der Waals surface area contributed by atoms with E-state index in [0.29, 0.717) is 0 Å². The van der Waals surface area contributed by atoms with Gasteiger partial charge in [0.15, 0.2) is 6.16 Å². The summed E-state index contributed by atoms with van der Waals surface area (Å²) in [5.41, 5.74) is 2.77. The average molecular weight is 462 g/mol. The second-order valence-corrected chi connectivity index (χ2v) is 9.14. The van der Waals surface area contributed by atoms with Crippen LogP contribution in [0.5, 0.6) is 0 Å². The van der Waals surface area contributed by atoms with Crippen LogP contribution in [0.3, 0.4) is 0 Å². The number of cyclic esters (lactones) is 1. The van der Waals surface area contributed by atoms with Gasteiger partial charge in [-0.15, -0.1) is 0 Å². The number of imide groups is 1. The molecule has 0 radical (unpaired) electrons. The summed E-state index contributed by atoms with van der Waals surface area (Å²) in [5.74, 6) is -1.59. The van der Waals surface area contributed by atoms with Crippen molar-refractivity contribution in [2.75, 3.05) is 12.8 Å². The van der Waals surface area contributed by atoms with Gasteiger partial charge in [-0.05, 0) is 27.7 Å². The third kappa shape index (κ3) is 5.36. The number of nitrogens with zero attached hydrogens (tertiary/aromatic N) is 1. The maximum absolute atomic E-state index is 13.7. The quantitative estimate of drug-likeness (QED) is 0.488. The molecule has 7 heteroatoms. The summed E-state index contributed by atoms with van der Waals surface area (Å²) < 4.78 is 17.1. The van der Waals surface area contributed by atoms with Crippen molar-refractivity contribution in [3.63, 3.8) is 0 Å². The van der Waals surface area contributed by atoms with Crippen LogP contribution >= 0.6 is 8.03 Å². The van der Waals surface area contributed by atoms with Crippen molar-refractivity contribution in [3.8, 4) is 0 Å². The van der Waals surface area contributed by atoms with E-state index in [0.717, 1.165) is 21.6 Å². The van der Waals surface area contributed by atoms with Crippen LogP contribution in [0.2, 0.25) is 0 Å². The normalized spacial score (nSPS) is 17.0. The van der Waals surface area contributed by atoms with E-state index in [1.807, 2.05) is 91.0 Å². The van der Waals surface area contributed by atoms with Gasteiger partial charge in [0, 0.05) is 5.92 Å². The zero-order valence-corrected chi connectivity index (χ0v) is 18.9. The first-order valence-electron chi connectivity index (χ1n) is 10.8. The molecule has 1 heterocycles. The molecular formula is C26H25NO5P+. The molecule has 33 heavy (non-hydrogen) atoms. The molecule has 0 spiro atoms. The van der Waals surface area contributed by atoms with Crippen molar-refractivity contribution in [1.29, 1.82) is 0 Å². The van der Waals surface area contributed by atoms with Gasteiger partial charge in [-0.2, -0.15) is 4.89 Å². The molecule has 3 aromatic carbocycles. The van der Waals surface area contributed by atoms with Gasteiger partial charge in [-0.1, -0.05) is 91.0 Å². The van der Waals surface area contributed by atoms with Gasteiger partial charge in [0.2, 0.25) is 5.91 Å². The van der Waals surface area contributed by atoms with E-state index in [-0.39, 0.29) is 25.1 Å². The van der Waals surface area contributed by atoms with Crippen molar-refractivity contribution in [2.45, 2.75) is 18.4 Å². The summed E-state index contributed by atoms with van der Waals surface area (Å²) in [5, 5.41) is 0. The van der Waals surface area contributed by atoms with Crippen molar-refractivity contribution >= 4 is 20.0 Å². The van der Waals surface area contributed by atoms with Crippen molar-refractivity contribution < 1.29 is 23.8 Å². The standard InChI is InChI=1S/C26H24NO5P/c28-25(22(18-33(30)31)16-19-10-4-1-5-11-19)27-23(17-32-26(27)29)24(20-12-6-2-7-13-20)21-14-8-3-9-15-21/h1-15,22-24H,16-18H2/p+1/t22-,23-/m1/s1. The van der Waals surface area contributed by atoms with Crippen molar-refractivity contribution in [3.05, 3.63) is 108 Å². The largest absolute Gasteiger partial charge is 0.506 e. The Labute approximate surface area is 193 Å². The van der Waals surface area contributed by atoms with E-state index < -0.39 is 32.0 Å². The molecular weight excluding hydrogens is 437 g/mol. The van der Waals surface area contributed by atoms with E-state index in [4.69, 9.17) is 4.74 Å². The van der Waals surface area contributed by atoms with Crippen LogP contribution in [0, 0.1) is 5.92 Å². The lowest BCUT2D eigenvalue weighted by molar-refractivity contribution is -0.133. The highest BCUT2D eigenvalue weighted by Crippen LogP contribution is 2.36. The topological polar surface area (TPSA) is 83.9 Å². The van der Waals surface area contributed by atoms with Gasteiger partial charge in [-0.25, -0.2) is 9.69 Å². The van der Waals surface area contributed by atoms with Gasteiger partial charge in [0.1, 0.15) is 6.61 Å². The van der Waals surface area contributed by atoms with Crippen LogP contribution in [-0.2, 0) is 20.5 Å². The number of ether oxygens (including phenoxy) is 1. The molecule has 1 fully saturated rings. The second-order valence-electron chi connectivity index (χ2n) is 8.07. The summed E-state index contributed by atoms with van der Waals surface area (Å²) >= 11 is 0. The van der Waals surface area contributed by atoms with E-state index in [1.165, 1.54) is 0 Å². The Morgan fingerprint density at radius 2 is 1.45 bits per heavy atom. The number of rotatable bonds is 8. The van der Waals surface area contributed by atoms with Crippen LogP contribution in [0.1, 0.15) is 22.6 Å². The van der Waals surface area contributed by atoms with Gasteiger partial charge >= 0.3 is 14.1 Å². The fourth-order valence-electron chi connectivity index (χ4n) is 4.41. The predicted molar refractivity (Wildman–Crippen MR) is 125 cm³/mol. The molecule has 1 aliphatic rings. The lowest BCUT2D eigenvalue weighted by atomic mass is 9.84. The van der Waals surface area contributed by atoms with Gasteiger partial charge in [0.25, 0.3) is 0 Å². The zero-order chi connectivity index (χ0) is 23.2. The minimum absolute atomic E-state index is 0.0579. The molecule has 0 aliphatic carbocycles. The number of hydrogen-bond acceptors (Lipinski definition) is 4. The van der Waals surface area contributed by atoms with Gasteiger partial charge < -0.3 is 4.74 Å². The molecule has 4 rings (SSSR count). The minimum atomic E-state index is -2.56. The smallest absolute Gasteiger partial charge is 0.447 e. The average Bonchev–Trinajstić information content (AvgIpc) is 3.21. The van der Waals surface area contributed by atoms with E-state index in [1.54, 1.807) is 0 Å². The highest BCUT2D eigenvalue weighted by Gasteiger charge is 2.46. The number of hydrogen-bond donors (Lipinski definition) is 1. The number of carbonyl (C=O) groups is 2. The lowest BCUT2D eigenvalue weighted by Crippen LogP contribution is -2.46. The third-order valence-corrected chi connectivity index (χ3v) is 6.65. The Morgan fingerprint density at radius 3 is 1.97 bits per heavy atom. The molecule has 3 atom stereocenters. The van der Waals surface area contributed by atoms with Crippen LogP contribution in [-0.4, -0.2) is 40.6 Å². The van der Waals surface area contributed by atoms with E-state index in [2.05, 4.69) is 0 Å². The summed E-state index contributed by atoms with van der Waals surface area (Å²) in [4.78, 5) is 37.2. The second kappa shape index (κ2) is 10.5. The molecule has 1 saturated heterocycles. The summed E-state index contributed by atoms with van der Waals surface area (Å²) in [7, 11) is -2.56. The number of benzene rings is 3. The zero-order valence-electron chi connectivity index (χ0n) is 18.0. The SMILES string of the molecule is O=C1OC[C@H](C(c2ccccc2)c2ccccc2)N1C(=O)[C@H](Cc1ccccc1)C[P+](=O)O. The first-order valence-corrected chi connectivity index (χ1v) is 12.2. The summed E-state index contributed by atoms with van der Waals surface area (Å²) in [6.45, 7) is 0.0579. The molecule has 1 aliphatic heterocycles. The molecule has 0 bridgehead atoms. The fourth-order valence-corrected chi connectivity index (χ4v) is 5.07. The maximum Gasteiger partial charge on any atom is 0.506 e. The van der Waals surface area contributed by atoms with Gasteiger partial charge in [-0.3, -0.25) is 4.79 Å². The lowest BCUT2D eigenvalue weighted by Gasteiger charge is -2.30. The molecule has 0 saturated carbocycles. The van der Waals surface area contributed by atoms with E-state index in [9.17, 15) is 19.0 Å². The monoisotopic (exact) mass is 462 g/mol. The Balaban J connectivity index is 1.70. The summed E-state index contributed by atoms with van der Waals surface area (Å²) in [6, 6.07) is 28.1. The van der Waals surface area contributed by atoms with Crippen molar-refractivity contribution in [2.24, 2.45) is 5.92 Å². The summed E-state index contributed by atoms with van der Waals surface area (Å²) in [6.07, 6.45) is -0.673. The highest BCUT2D eigenvalue weighted by molar-refractivity contribution is 7.38. The predicted octanol–water partition coefficient (Wildman–Crippen LogP) is 4.76. The Bertz CT molecular complexity index is 1070. The first-order chi connectivity index (χ1) is 16.0. The Hall–Kier alpha value is -3.34. The Kier molecular flexibility index (Phi) is 7.28. The van der Waals surface area contributed by atoms with Crippen LogP contribution in [0.15, 0.2) is 91.0 Å². The number of amides is 2. The number of carbonyl (C=O) groups excluding carboxylic acids is 2. The van der Waals surface area contributed by atoms with Crippen LogP contribution in [0.25, 0.3) is 0 Å². The molecule has 1 unspecified atom stereocenters. The first kappa shape index (κ1) is 22.8. The molecule has 2 amide bonds. The molecule has 168 valence electrons.